The molecule has 1 aromatic carbocycles. The molecule has 1 aliphatic rings. The molecule has 2 N–H and O–H groups in total. The summed E-state index contributed by atoms with van der Waals surface area (Å²) in [4.78, 5) is 22.3. The second-order valence-corrected chi connectivity index (χ2v) is 7.18. The molecule has 6 heteroatoms. The molecule has 1 fully saturated rings. The van der Waals surface area contributed by atoms with Gasteiger partial charge < -0.3 is 10.6 Å². The SMILES string of the molecule is O=C(NCCNc1nc(-c2cccs2)nc2ccccc12)C1CCC1. The second-order valence-electron chi connectivity index (χ2n) is 6.24. The van der Waals surface area contributed by atoms with Crippen LogP contribution in [-0.4, -0.2) is 29.0 Å². The summed E-state index contributed by atoms with van der Waals surface area (Å²) in [6.45, 7) is 1.24. The first kappa shape index (κ1) is 16.0. The van der Waals surface area contributed by atoms with Crippen molar-refractivity contribution in [3.05, 3.63) is 41.8 Å². The number of carbonyl (C=O) groups is 1. The highest BCUT2D eigenvalue weighted by atomic mass is 32.1. The molecular weight excluding hydrogens is 332 g/mol. The Morgan fingerprint density at radius 1 is 1.12 bits per heavy atom. The quantitative estimate of drug-likeness (QED) is 0.664. The molecule has 0 radical (unpaired) electrons. The van der Waals surface area contributed by atoms with E-state index in [1.807, 2.05) is 41.8 Å². The first-order valence-electron chi connectivity index (χ1n) is 8.63. The number of nitrogens with zero attached hydrogens (tertiary/aromatic N) is 2. The van der Waals surface area contributed by atoms with Crippen LogP contribution in [0.5, 0.6) is 0 Å². The van der Waals surface area contributed by atoms with E-state index in [4.69, 9.17) is 4.98 Å². The predicted octanol–water partition coefficient (Wildman–Crippen LogP) is 3.69. The highest BCUT2D eigenvalue weighted by Gasteiger charge is 2.24. The molecule has 25 heavy (non-hydrogen) atoms. The van der Waals surface area contributed by atoms with Crippen LogP contribution in [0.2, 0.25) is 0 Å². The standard InChI is InChI=1S/C19H20N4OS/c24-19(13-5-3-6-13)21-11-10-20-17-14-7-1-2-8-15(14)22-18(23-17)16-9-4-12-25-16/h1-2,4,7-9,12-13H,3,5-6,10-11H2,(H,21,24)(H,20,22,23). The summed E-state index contributed by atoms with van der Waals surface area (Å²) in [7, 11) is 0. The van der Waals surface area contributed by atoms with Gasteiger partial charge in [-0.15, -0.1) is 11.3 Å². The molecule has 4 rings (SSSR count). The largest absolute Gasteiger partial charge is 0.368 e. The molecule has 0 spiro atoms. The average Bonchev–Trinajstić information content (AvgIpc) is 3.11. The average molecular weight is 352 g/mol. The Balaban J connectivity index is 1.48. The molecule has 2 aromatic heterocycles. The van der Waals surface area contributed by atoms with Crippen LogP contribution < -0.4 is 10.6 Å². The fraction of sp³-hybridized carbons (Fsp3) is 0.316. The fourth-order valence-electron chi connectivity index (χ4n) is 2.91. The van der Waals surface area contributed by atoms with Crippen LogP contribution in [0, 0.1) is 5.92 Å². The molecule has 128 valence electrons. The lowest BCUT2D eigenvalue weighted by molar-refractivity contribution is -0.127. The monoisotopic (exact) mass is 352 g/mol. The number of amides is 1. The number of hydrogen-bond donors (Lipinski definition) is 2. The van der Waals surface area contributed by atoms with E-state index in [-0.39, 0.29) is 11.8 Å². The van der Waals surface area contributed by atoms with Gasteiger partial charge in [0.1, 0.15) is 5.82 Å². The van der Waals surface area contributed by atoms with E-state index in [0.29, 0.717) is 13.1 Å². The third kappa shape index (κ3) is 3.49. The number of aromatic nitrogens is 2. The highest BCUT2D eigenvalue weighted by molar-refractivity contribution is 7.13. The lowest BCUT2D eigenvalue weighted by atomic mass is 9.85. The van der Waals surface area contributed by atoms with Crippen molar-refractivity contribution in [2.45, 2.75) is 19.3 Å². The number of rotatable bonds is 6. The molecule has 0 saturated heterocycles. The number of hydrogen-bond acceptors (Lipinski definition) is 5. The van der Waals surface area contributed by atoms with Crippen LogP contribution in [-0.2, 0) is 4.79 Å². The van der Waals surface area contributed by atoms with Gasteiger partial charge in [-0.3, -0.25) is 4.79 Å². The van der Waals surface area contributed by atoms with Gasteiger partial charge in [-0.2, -0.15) is 0 Å². The van der Waals surface area contributed by atoms with E-state index in [2.05, 4.69) is 15.6 Å². The van der Waals surface area contributed by atoms with Crippen LogP contribution in [0.1, 0.15) is 19.3 Å². The maximum absolute atomic E-state index is 11.9. The molecule has 0 atom stereocenters. The Morgan fingerprint density at radius 2 is 2.00 bits per heavy atom. The van der Waals surface area contributed by atoms with Crippen molar-refractivity contribution in [2.24, 2.45) is 5.92 Å². The summed E-state index contributed by atoms with van der Waals surface area (Å²) in [6.07, 6.45) is 3.23. The van der Waals surface area contributed by atoms with Gasteiger partial charge in [0, 0.05) is 24.4 Å². The molecule has 0 aliphatic heterocycles. The molecular formula is C19H20N4OS. The molecule has 0 unspecified atom stereocenters. The highest BCUT2D eigenvalue weighted by Crippen LogP contribution is 2.27. The number of nitrogens with one attached hydrogen (secondary N) is 2. The zero-order valence-electron chi connectivity index (χ0n) is 13.9. The Morgan fingerprint density at radius 3 is 2.76 bits per heavy atom. The Kier molecular flexibility index (Phi) is 4.61. The molecule has 1 aliphatic carbocycles. The van der Waals surface area contributed by atoms with Gasteiger partial charge in [-0.25, -0.2) is 9.97 Å². The van der Waals surface area contributed by atoms with Gasteiger partial charge in [-0.1, -0.05) is 24.6 Å². The molecule has 3 aromatic rings. The molecule has 1 saturated carbocycles. The van der Waals surface area contributed by atoms with E-state index >= 15 is 0 Å². The van der Waals surface area contributed by atoms with E-state index in [9.17, 15) is 4.79 Å². The third-order valence-electron chi connectivity index (χ3n) is 4.54. The normalized spacial score (nSPS) is 14.2. The lowest BCUT2D eigenvalue weighted by Gasteiger charge is -2.24. The molecule has 5 nitrogen and oxygen atoms in total. The third-order valence-corrected chi connectivity index (χ3v) is 5.40. The minimum atomic E-state index is 0.180. The number of benzene rings is 1. The predicted molar refractivity (Wildman–Crippen MR) is 102 cm³/mol. The Labute approximate surface area is 150 Å². The van der Waals surface area contributed by atoms with Gasteiger partial charge in [-0.05, 0) is 36.4 Å². The fourth-order valence-corrected chi connectivity index (χ4v) is 3.57. The van der Waals surface area contributed by atoms with Crippen molar-refractivity contribution < 1.29 is 4.79 Å². The second kappa shape index (κ2) is 7.19. The van der Waals surface area contributed by atoms with Crippen LogP contribution >= 0.6 is 11.3 Å². The lowest BCUT2D eigenvalue weighted by Crippen LogP contribution is -2.36. The number of carbonyl (C=O) groups excluding carboxylic acids is 1. The van der Waals surface area contributed by atoms with Crippen molar-refractivity contribution in [1.82, 2.24) is 15.3 Å². The number of thiophene rings is 1. The topological polar surface area (TPSA) is 66.9 Å². The van der Waals surface area contributed by atoms with E-state index in [1.165, 1.54) is 6.42 Å². The van der Waals surface area contributed by atoms with Crippen LogP contribution in [0.4, 0.5) is 5.82 Å². The summed E-state index contributed by atoms with van der Waals surface area (Å²) in [5.74, 6) is 1.95. The van der Waals surface area contributed by atoms with E-state index < -0.39 is 0 Å². The van der Waals surface area contributed by atoms with Gasteiger partial charge >= 0.3 is 0 Å². The van der Waals surface area contributed by atoms with E-state index in [1.54, 1.807) is 11.3 Å². The van der Waals surface area contributed by atoms with Crippen molar-refractivity contribution in [3.8, 4) is 10.7 Å². The van der Waals surface area contributed by atoms with Crippen LogP contribution in [0.3, 0.4) is 0 Å². The summed E-state index contributed by atoms with van der Waals surface area (Å²) in [5, 5.41) is 9.38. The van der Waals surface area contributed by atoms with Gasteiger partial charge in [0.25, 0.3) is 0 Å². The van der Waals surface area contributed by atoms with Crippen molar-refractivity contribution >= 4 is 34.0 Å². The maximum atomic E-state index is 11.9. The van der Waals surface area contributed by atoms with Crippen molar-refractivity contribution in [3.63, 3.8) is 0 Å². The minimum Gasteiger partial charge on any atom is -0.368 e. The van der Waals surface area contributed by atoms with Gasteiger partial charge in [0.2, 0.25) is 5.91 Å². The molecule has 2 heterocycles. The van der Waals surface area contributed by atoms with Crippen LogP contribution in [0.15, 0.2) is 41.8 Å². The first-order valence-corrected chi connectivity index (χ1v) is 9.51. The van der Waals surface area contributed by atoms with E-state index in [0.717, 1.165) is 40.3 Å². The summed E-state index contributed by atoms with van der Waals surface area (Å²) in [6, 6.07) is 12.0. The van der Waals surface area contributed by atoms with Gasteiger partial charge in [0.15, 0.2) is 5.82 Å². The number of anilines is 1. The molecule has 1 amide bonds. The smallest absolute Gasteiger partial charge is 0.223 e. The van der Waals surface area contributed by atoms with Crippen LogP contribution in [0.25, 0.3) is 21.6 Å². The first-order chi connectivity index (χ1) is 12.3. The van der Waals surface area contributed by atoms with Gasteiger partial charge in [0.05, 0.1) is 10.4 Å². The number of fused-ring (bicyclic) bond motifs is 1. The summed E-state index contributed by atoms with van der Waals surface area (Å²) < 4.78 is 0. The summed E-state index contributed by atoms with van der Waals surface area (Å²) >= 11 is 1.63. The number of para-hydroxylation sites is 1. The zero-order chi connectivity index (χ0) is 17.1. The summed E-state index contributed by atoms with van der Waals surface area (Å²) in [5.41, 5.74) is 0.918. The van der Waals surface area contributed by atoms with Crippen molar-refractivity contribution in [2.75, 3.05) is 18.4 Å². The maximum Gasteiger partial charge on any atom is 0.223 e. The minimum absolute atomic E-state index is 0.180. The Bertz CT molecular complexity index is 874. The zero-order valence-corrected chi connectivity index (χ0v) is 14.7. The molecule has 0 bridgehead atoms. The van der Waals surface area contributed by atoms with Crippen molar-refractivity contribution in [1.29, 1.82) is 0 Å². The Hall–Kier alpha value is -2.47.